The van der Waals surface area contributed by atoms with Crippen molar-refractivity contribution in [1.29, 1.82) is 0 Å². The van der Waals surface area contributed by atoms with Crippen LogP contribution in [0.5, 0.6) is 0 Å². The Bertz CT molecular complexity index is 320. The maximum Gasteiger partial charge on any atom is 0.0294 e. The van der Waals surface area contributed by atoms with E-state index in [0.717, 1.165) is 5.92 Å². The van der Waals surface area contributed by atoms with Gasteiger partial charge in [-0.25, -0.2) is 0 Å². The van der Waals surface area contributed by atoms with Gasteiger partial charge in [-0.1, -0.05) is 32.4 Å². The zero-order valence-electron chi connectivity index (χ0n) is 11.7. The molecule has 1 aromatic carbocycles. The number of rotatable bonds is 6. The highest BCUT2D eigenvalue weighted by Gasteiger charge is 2.13. The smallest absolute Gasteiger partial charge is 0.0294 e. The molecule has 0 heterocycles. The van der Waals surface area contributed by atoms with E-state index in [1.165, 1.54) is 16.9 Å². The second kappa shape index (κ2) is 7.07. The Morgan fingerprint density at radius 3 is 2.18 bits per heavy atom. The lowest BCUT2D eigenvalue weighted by Crippen LogP contribution is -2.33. The largest absolute Gasteiger partial charge is 0.307 e. The van der Waals surface area contributed by atoms with Crippen LogP contribution in [0.3, 0.4) is 0 Å². The van der Waals surface area contributed by atoms with Crippen molar-refractivity contribution >= 4 is 11.8 Å². The van der Waals surface area contributed by atoms with Crippen LogP contribution in [0.2, 0.25) is 0 Å². The molecule has 0 bridgehead atoms. The van der Waals surface area contributed by atoms with Crippen LogP contribution < -0.4 is 5.32 Å². The fourth-order valence-electron chi connectivity index (χ4n) is 1.90. The monoisotopic (exact) mass is 251 g/mol. The molecule has 0 radical (unpaired) electrons. The minimum absolute atomic E-state index is 0.426. The quantitative estimate of drug-likeness (QED) is 0.747. The van der Waals surface area contributed by atoms with E-state index in [-0.39, 0.29) is 0 Å². The van der Waals surface area contributed by atoms with Gasteiger partial charge in [-0.05, 0) is 43.7 Å². The first-order valence-electron chi connectivity index (χ1n) is 6.48. The van der Waals surface area contributed by atoms with Gasteiger partial charge < -0.3 is 5.32 Å². The van der Waals surface area contributed by atoms with Gasteiger partial charge in [0.25, 0.3) is 0 Å². The molecule has 3 atom stereocenters. The maximum absolute atomic E-state index is 3.68. The highest BCUT2D eigenvalue weighted by atomic mass is 32.2. The van der Waals surface area contributed by atoms with E-state index in [9.17, 15) is 0 Å². The van der Waals surface area contributed by atoms with Crippen LogP contribution in [0.1, 0.15) is 45.7 Å². The number of hydrogen-bond acceptors (Lipinski definition) is 2. The van der Waals surface area contributed by atoms with Crippen molar-refractivity contribution in [2.75, 3.05) is 6.26 Å². The molecule has 1 aromatic rings. The van der Waals surface area contributed by atoms with Crippen LogP contribution in [0.15, 0.2) is 29.2 Å². The van der Waals surface area contributed by atoms with Crippen LogP contribution >= 0.6 is 11.8 Å². The maximum atomic E-state index is 3.68. The number of hydrogen-bond donors (Lipinski definition) is 1. The molecule has 0 spiro atoms. The summed E-state index contributed by atoms with van der Waals surface area (Å²) in [6, 6.07) is 9.85. The number of benzene rings is 1. The van der Waals surface area contributed by atoms with Gasteiger partial charge in [-0.3, -0.25) is 0 Å². The zero-order valence-corrected chi connectivity index (χ0v) is 12.5. The predicted molar refractivity (Wildman–Crippen MR) is 78.7 cm³/mol. The number of nitrogens with one attached hydrogen (secondary N) is 1. The van der Waals surface area contributed by atoms with Crippen molar-refractivity contribution in [2.45, 2.75) is 51.1 Å². The molecular weight excluding hydrogens is 226 g/mol. The summed E-state index contributed by atoms with van der Waals surface area (Å²) < 4.78 is 0. The van der Waals surface area contributed by atoms with Gasteiger partial charge in [0.2, 0.25) is 0 Å². The average Bonchev–Trinajstić information content (AvgIpc) is 2.37. The average molecular weight is 251 g/mol. The Kier molecular flexibility index (Phi) is 6.07. The molecule has 3 unspecified atom stereocenters. The van der Waals surface area contributed by atoms with Crippen LogP contribution in [0.4, 0.5) is 0 Å². The van der Waals surface area contributed by atoms with Crippen molar-refractivity contribution in [3.8, 4) is 0 Å². The molecule has 1 nitrogen and oxygen atoms in total. The molecule has 0 aliphatic heterocycles. The van der Waals surface area contributed by atoms with Crippen LogP contribution in [-0.2, 0) is 0 Å². The summed E-state index contributed by atoms with van der Waals surface area (Å²) in [5.74, 6) is 0.725. The first-order valence-corrected chi connectivity index (χ1v) is 7.71. The van der Waals surface area contributed by atoms with Crippen LogP contribution in [0, 0.1) is 5.92 Å². The normalized spacial score (nSPS) is 16.5. The summed E-state index contributed by atoms with van der Waals surface area (Å²) in [7, 11) is 0. The lowest BCUT2D eigenvalue weighted by molar-refractivity contribution is 0.360. The molecule has 1 N–H and O–H groups in total. The number of thioether (sulfide) groups is 1. The third-order valence-corrected chi connectivity index (χ3v) is 4.37. The summed E-state index contributed by atoms with van der Waals surface area (Å²) >= 11 is 1.79. The SMILES string of the molecule is CCC(C)C(C)NC(C)c1ccc(SC)cc1. The van der Waals surface area contributed by atoms with Crippen molar-refractivity contribution < 1.29 is 0 Å². The fraction of sp³-hybridized carbons (Fsp3) is 0.600. The highest BCUT2D eigenvalue weighted by molar-refractivity contribution is 7.98. The lowest BCUT2D eigenvalue weighted by atomic mass is 9.99. The Labute approximate surface area is 110 Å². The molecule has 2 heteroatoms. The second-order valence-electron chi connectivity index (χ2n) is 4.84. The molecule has 0 aliphatic rings. The fourth-order valence-corrected chi connectivity index (χ4v) is 2.31. The van der Waals surface area contributed by atoms with Gasteiger partial charge >= 0.3 is 0 Å². The standard InChI is InChI=1S/C15H25NS/c1-6-11(2)12(3)16-13(4)14-7-9-15(17-5)10-8-14/h7-13,16H,6H2,1-5H3. The molecule has 96 valence electrons. The highest BCUT2D eigenvalue weighted by Crippen LogP contribution is 2.20. The molecular formula is C15H25NS. The van der Waals surface area contributed by atoms with Gasteiger partial charge in [0.15, 0.2) is 0 Å². The van der Waals surface area contributed by atoms with E-state index in [0.29, 0.717) is 12.1 Å². The van der Waals surface area contributed by atoms with E-state index < -0.39 is 0 Å². The van der Waals surface area contributed by atoms with Crippen molar-refractivity contribution in [3.63, 3.8) is 0 Å². The first-order chi connectivity index (χ1) is 8.08. The third-order valence-electron chi connectivity index (χ3n) is 3.63. The van der Waals surface area contributed by atoms with Crippen molar-refractivity contribution in [3.05, 3.63) is 29.8 Å². The second-order valence-corrected chi connectivity index (χ2v) is 5.72. The Morgan fingerprint density at radius 2 is 1.71 bits per heavy atom. The Balaban J connectivity index is 2.59. The summed E-state index contributed by atoms with van der Waals surface area (Å²) in [5, 5.41) is 3.68. The molecule has 0 aliphatic carbocycles. The summed E-state index contributed by atoms with van der Waals surface area (Å²) in [5.41, 5.74) is 1.37. The van der Waals surface area contributed by atoms with Gasteiger partial charge in [0.1, 0.15) is 0 Å². The van der Waals surface area contributed by atoms with E-state index in [1.54, 1.807) is 11.8 Å². The summed E-state index contributed by atoms with van der Waals surface area (Å²) in [6.45, 7) is 9.08. The van der Waals surface area contributed by atoms with E-state index >= 15 is 0 Å². The first kappa shape index (κ1) is 14.6. The molecule has 0 fully saturated rings. The molecule has 0 saturated heterocycles. The minimum atomic E-state index is 0.426. The molecule has 0 aromatic heterocycles. The lowest BCUT2D eigenvalue weighted by Gasteiger charge is -2.24. The third kappa shape index (κ3) is 4.36. The van der Waals surface area contributed by atoms with E-state index in [2.05, 4.69) is 63.5 Å². The summed E-state index contributed by atoms with van der Waals surface area (Å²) in [4.78, 5) is 1.33. The van der Waals surface area contributed by atoms with Crippen molar-refractivity contribution in [2.24, 2.45) is 5.92 Å². The zero-order chi connectivity index (χ0) is 12.8. The molecule has 1 rings (SSSR count). The minimum Gasteiger partial charge on any atom is -0.307 e. The molecule has 17 heavy (non-hydrogen) atoms. The summed E-state index contributed by atoms with van der Waals surface area (Å²) in [6.07, 6.45) is 3.34. The Morgan fingerprint density at radius 1 is 1.12 bits per heavy atom. The van der Waals surface area contributed by atoms with Crippen LogP contribution in [-0.4, -0.2) is 12.3 Å². The van der Waals surface area contributed by atoms with Crippen molar-refractivity contribution in [1.82, 2.24) is 5.32 Å². The van der Waals surface area contributed by atoms with Crippen LogP contribution in [0.25, 0.3) is 0 Å². The molecule has 0 amide bonds. The van der Waals surface area contributed by atoms with Gasteiger partial charge in [0.05, 0.1) is 0 Å². The van der Waals surface area contributed by atoms with E-state index in [4.69, 9.17) is 0 Å². The van der Waals surface area contributed by atoms with Gasteiger partial charge in [0, 0.05) is 17.0 Å². The topological polar surface area (TPSA) is 12.0 Å². The predicted octanol–water partition coefficient (Wildman–Crippen LogP) is 4.49. The van der Waals surface area contributed by atoms with Gasteiger partial charge in [-0.15, -0.1) is 11.8 Å². The van der Waals surface area contributed by atoms with Gasteiger partial charge in [-0.2, -0.15) is 0 Å². The van der Waals surface area contributed by atoms with E-state index in [1.807, 2.05) is 0 Å². The Hall–Kier alpha value is -0.470. The molecule has 0 saturated carbocycles.